The molecule has 0 saturated heterocycles. The maximum atomic E-state index is 11.3. The third kappa shape index (κ3) is 3.09. The molecule has 0 amide bonds. The number of fused-ring (bicyclic) bond motifs is 2. The lowest BCUT2D eigenvalue weighted by Gasteiger charge is -2.11. The van der Waals surface area contributed by atoms with E-state index < -0.39 is 0 Å². The predicted molar refractivity (Wildman–Crippen MR) is 113 cm³/mol. The highest BCUT2D eigenvalue weighted by Gasteiger charge is 2.20. The van der Waals surface area contributed by atoms with Gasteiger partial charge in [0.05, 0.1) is 12.1 Å². The number of rotatable bonds is 6. The van der Waals surface area contributed by atoms with Crippen molar-refractivity contribution in [2.24, 2.45) is 5.18 Å². The van der Waals surface area contributed by atoms with Gasteiger partial charge < -0.3 is 14.4 Å². The van der Waals surface area contributed by atoms with Crippen LogP contribution in [0.1, 0.15) is 17.5 Å². The molecule has 1 N–H and O–H groups in total. The van der Waals surface area contributed by atoms with Crippen LogP contribution in [0.25, 0.3) is 21.7 Å². The minimum absolute atomic E-state index is 0.0758. The van der Waals surface area contributed by atoms with Crippen molar-refractivity contribution < 1.29 is 9.84 Å². The van der Waals surface area contributed by atoms with E-state index in [2.05, 4.69) is 17.3 Å². The van der Waals surface area contributed by atoms with Crippen LogP contribution in [-0.4, -0.2) is 16.3 Å². The summed E-state index contributed by atoms with van der Waals surface area (Å²) in [6.45, 7) is 4.93. The quantitative estimate of drug-likeness (QED) is 0.333. The molecular formula is C23H22N2O3. The number of benzene rings is 3. The van der Waals surface area contributed by atoms with Gasteiger partial charge in [-0.3, -0.25) is 0 Å². The molecule has 3 aromatic carbocycles. The van der Waals surface area contributed by atoms with E-state index >= 15 is 0 Å². The Bertz CT molecular complexity index is 1180. The van der Waals surface area contributed by atoms with Crippen LogP contribution >= 0.6 is 0 Å². The smallest absolute Gasteiger partial charge is 0.222 e. The second-order valence-corrected chi connectivity index (χ2v) is 7.05. The van der Waals surface area contributed by atoms with Gasteiger partial charge in [-0.1, -0.05) is 42.5 Å². The molecule has 0 unspecified atom stereocenters. The van der Waals surface area contributed by atoms with E-state index in [-0.39, 0.29) is 11.6 Å². The van der Waals surface area contributed by atoms with Crippen LogP contribution in [0, 0.1) is 18.8 Å². The first-order chi connectivity index (χ1) is 13.6. The molecule has 0 atom stereocenters. The fourth-order valence-corrected chi connectivity index (χ4v) is 3.76. The Labute approximate surface area is 163 Å². The van der Waals surface area contributed by atoms with Crippen molar-refractivity contribution in [1.82, 2.24) is 4.57 Å². The average molecular weight is 374 g/mol. The molecule has 0 radical (unpaired) electrons. The zero-order valence-corrected chi connectivity index (χ0v) is 16.0. The number of hydrogen-bond donors (Lipinski definition) is 1. The normalized spacial score (nSPS) is 11.2. The molecule has 0 aliphatic heterocycles. The van der Waals surface area contributed by atoms with Crippen molar-refractivity contribution in [3.05, 3.63) is 70.6 Å². The largest absolute Gasteiger partial charge is 0.494 e. The lowest BCUT2D eigenvalue weighted by Crippen LogP contribution is -2.05. The molecule has 28 heavy (non-hydrogen) atoms. The topological polar surface area (TPSA) is 63.8 Å². The van der Waals surface area contributed by atoms with Gasteiger partial charge in [0.25, 0.3) is 0 Å². The molecule has 4 rings (SSSR count). The second kappa shape index (κ2) is 7.35. The number of hydrogen-bond acceptors (Lipinski definition) is 4. The summed E-state index contributed by atoms with van der Waals surface area (Å²) in [6.07, 6.45) is 0.690. The van der Waals surface area contributed by atoms with Gasteiger partial charge >= 0.3 is 0 Å². The van der Waals surface area contributed by atoms with E-state index in [4.69, 9.17) is 4.74 Å². The maximum absolute atomic E-state index is 11.3. The van der Waals surface area contributed by atoms with E-state index in [0.29, 0.717) is 19.6 Å². The fraction of sp³-hybridized carbons (Fsp3) is 0.217. The highest BCUT2D eigenvalue weighted by atomic mass is 16.5. The number of aromatic nitrogens is 1. The van der Waals surface area contributed by atoms with E-state index in [1.807, 2.05) is 56.3 Å². The van der Waals surface area contributed by atoms with E-state index in [9.17, 15) is 10.0 Å². The van der Waals surface area contributed by atoms with Gasteiger partial charge in [-0.15, -0.1) is 4.91 Å². The third-order valence-corrected chi connectivity index (χ3v) is 5.17. The van der Waals surface area contributed by atoms with Crippen LogP contribution < -0.4 is 4.74 Å². The predicted octanol–water partition coefficient (Wildman–Crippen LogP) is 5.98. The highest BCUT2D eigenvalue weighted by Crippen LogP contribution is 2.41. The SMILES string of the molecule is Cc1ccc(C)c2c1c(N=O)c(O)n2CCCOc1ccc2ccccc2c1. The minimum atomic E-state index is -0.0758. The van der Waals surface area contributed by atoms with E-state index in [0.717, 1.165) is 33.2 Å². The first kappa shape index (κ1) is 18.0. The minimum Gasteiger partial charge on any atom is -0.494 e. The Morgan fingerprint density at radius 1 is 1.00 bits per heavy atom. The molecule has 1 heterocycles. The molecule has 0 bridgehead atoms. The molecule has 5 heteroatoms. The summed E-state index contributed by atoms with van der Waals surface area (Å²) in [5, 5.41) is 16.6. The Kier molecular flexibility index (Phi) is 4.74. The fourth-order valence-electron chi connectivity index (χ4n) is 3.76. The van der Waals surface area contributed by atoms with E-state index in [1.165, 1.54) is 5.39 Å². The van der Waals surface area contributed by atoms with Crippen molar-refractivity contribution >= 4 is 27.4 Å². The Morgan fingerprint density at radius 2 is 1.75 bits per heavy atom. The Hall–Kier alpha value is -3.34. The van der Waals surface area contributed by atoms with Crippen LogP contribution in [0.2, 0.25) is 0 Å². The number of aryl methyl sites for hydroxylation is 3. The van der Waals surface area contributed by atoms with Gasteiger partial charge in [0.2, 0.25) is 5.88 Å². The summed E-state index contributed by atoms with van der Waals surface area (Å²) in [7, 11) is 0. The monoisotopic (exact) mass is 374 g/mol. The van der Waals surface area contributed by atoms with Gasteiger partial charge in [-0.2, -0.15) is 0 Å². The van der Waals surface area contributed by atoms with Crippen LogP contribution in [0.5, 0.6) is 11.6 Å². The van der Waals surface area contributed by atoms with Crippen LogP contribution in [0.3, 0.4) is 0 Å². The van der Waals surface area contributed by atoms with Gasteiger partial charge in [-0.25, -0.2) is 0 Å². The molecule has 0 aliphatic carbocycles. The number of nitrogens with zero attached hydrogens (tertiary/aromatic N) is 2. The first-order valence-corrected chi connectivity index (χ1v) is 9.36. The Morgan fingerprint density at radius 3 is 2.54 bits per heavy atom. The molecule has 0 saturated carbocycles. The zero-order valence-electron chi connectivity index (χ0n) is 16.0. The number of nitroso groups, excluding NO2 is 1. The maximum Gasteiger partial charge on any atom is 0.222 e. The molecule has 0 fully saturated rings. The molecule has 142 valence electrons. The second-order valence-electron chi connectivity index (χ2n) is 7.05. The zero-order chi connectivity index (χ0) is 19.7. The summed E-state index contributed by atoms with van der Waals surface area (Å²) >= 11 is 0. The molecule has 0 spiro atoms. The van der Waals surface area contributed by atoms with Crippen molar-refractivity contribution in [3.63, 3.8) is 0 Å². The lowest BCUT2D eigenvalue weighted by molar-refractivity contribution is 0.298. The molecule has 4 aromatic rings. The van der Waals surface area contributed by atoms with Crippen molar-refractivity contribution in [3.8, 4) is 11.6 Å². The van der Waals surface area contributed by atoms with Gasteiger partial charge in [0.1, 0.15) is 5.75 Å². The van der Waals surface area contributed by atoms with Crippen LogP contribution in [-0.2, 0) is 6.54 Å². The van der Waals surface area contributed by atoms with Crippen molar-refractivity contribution in [2.75, 3.05) is 6.61 Å². The highest BCUT2D eigenvalue weighted by molar-refractivity contribution is 5.99. The van der Waals surface area contributed by atoms with Crippen LogP contribution in [0.4, 0.5) is 5.69 Å². The third-order valence-electron chi connectivity index (χ3n) is 5.17. The summed E-state index contributed by atoms with van der Waals surface area (Å²) in [5.41, 5.74) is 2.90. The first-order valence-electron chi connectivity index (χ1n) is 9.36. The Balaban J connectivity index is 1.52. The number of ether oxygens (including phenoxy) is 1. The molecule has 5 nitrogen and oxygen atoms in total. The summed E-state index contributed by atoms with van der Waals surface area (Å²) in [5.74, 6) is 0.746. The van der Waals surface area contributed by atoms with Crippen molar-refractivity contribution in [1.29, 1.82) is 0 Å². The van der Waals surface area contributed by atoms with Gasteiger partial charge in [0.15, 0.2) is 5.69 Å². The summed E-state index contributed by atoms with van der Waals surface area (Å²) in [4.78, 5) is 11.3. The van der Waals surface area contributed by atoms with E-state index in [1.54, 1.807) is 4.57 Å². The van der Waals surface area contributed by atoms with Gasteiger partial charge in [-0.05, 0) is 59.5 Å². The molecule has 1 aromatic heterocycles. The standard InChI is InChI=1S/C23H22N2O3/c1-15-8-9-16(2)22-20(15)21(24-27)23(26)25(22)12-5-13-28-19-11-10-17-6-3-4-7-18(17)14-19/h3-4,6-11,14,26H,5,12-13H2,1-2H3. The average Bonchev–Trinajstić information content (AvgIpc) is 3.00. The lowest BCUT2D eigenvalue weighted by atomic mass is 10.1. The van der Waals surface area contributed by atoms with Crippen LogP contribution in [0.15, 0.2) is 59.8 Å². The molecular weight excluding hydrogens is 352 g/mol. The van der Waals surface area contributed by atoms with Crippen molar-refractivity contribution in [2.45, 2.75) is 26.8 Å². The number of aromatic hydroxyl groups is 1. The summed E-state index contributed by atoms with van der Waals surface area (Å²) in [6, 6.07) is 18.1. The van der Waals surface area contributed by atoms with Gasteiger partial charge in [0, 0.05) is 11.9 Å². The summed E-state index contributed by atoms with van der Waals surface area (Å²) < 4.78 is 7.66. The molecule has 0 aliphatic rings.